The van der Waals surface area contributed by atoms with E-state index in [9.17, 15) is 4.79 Å². The number of amides is 1. The lowest BCUT2D eigenvalue weighted by atomic mass is 9.96. The number of morpholine rings is 1. The van der Waals surface area contributed by atoms with Gasteiger partial charge >= 0.3 is 0 Å². The lowest BCUT2D eigenvalue weighted by Crippen LogP contribution is -2.58. The molecule has 6 heteroatoms. The van der Waals surface area contributed by atoms with Crippen LogP contribution >= 0.6 is 11.6 Å². The quantitative estimate of drug-likeness (QED) is 0.875. The summed E-state index contributed by atoms with van der Waals surface area (Å²) in [4.78, 5) is 19.5. The Bertz CT molecular complexity index is 728. The molecule has 1 aromatic heterocycles. The zero-order chi connectivity index (χ0) is 18.6. The maximum Gasteiger partial charge on any atom is 0.240 e. The Morgan fingerprint density at radius 1 is 1.19 bits per heavy atom. The van der Waals surface area contributed by atoms with E-state index in [0.29, 0.717) is 18.2 Å². The van der Waals surface area contributed by atoms with Gasteiger partial charge in [0, 0.05) is 30.5 Å². The second-order valence-corrected chi connectivity index (χ2v) is 7.34. The maximum absolute atomic E-state index is 13.1. The van der Waals surface area contributed by atoms with E-state index in [0.717, 1.165) is 24.2 Å². The normalized spacial score (nSPS) is 16.9. The van der Waals surface area contributed by atoms with Crippen LogP contribution in [0, 0.1) is 0 Å². The predicted molar refractivity (Wildman–Crippen MR) is 102 cm³/mol. The molecule has 0 saturated carbocycles. The molecular formula is C20H24ClN3O2. The molecule has 3 rings (SSSR count). The van der Waals surface area contributed by atoms with Gasteiger partial charge < -0.3 is 10.1 Å². The predicted octanol–water partition coefficient (Wildman–Crippen LogP) is 3.05. The molecule has 1 aromatic carbocycles. The summed E-state index contributed by atoms with van der Waals surface area (Å²) < 4.78 is 5.41. The van der Waals surface area contributed by atoms with Crippen LogP contribution in [0.15, 0.2) is 48.8 Å². The smallest absolute Gasteiger partial charge is 0.240 e. The average Bonchev–Trinajstić information content (AvgIpc) is 2.68. The van der Waals surface area contributed by atoms with Crippen LogP contribution in [0.3, 0.4) is 0 Å². The van der Waals surface area contributed by atoms with E-state index >= 15 is 0 Å². The van der Waals surface area contributed by atoms with E-state index in [2.05, 4.69) is 15.2 Å². The molecule has 0 bridgehead atoms. The van der Waals surface area contributed by atoms with Crippen LogP contribution < -0.4 is 5.32 Å². The van der Waals surface area contributed by atoms with Crippen LogP contribution in [0.1, 0.15) is 31.0 Å². The molecule has 1 fully saturated rings. The van der Waals surface area contributed by atoms with E-state index in [1.54, 1.807) is 12.4 Å². The molecule has 1 aliphatic rings. The van der Waals surface area contributed by atoms with Crippen LogP contribution in [0.2, 0.25) is 5.02 Å². The highest BCUT2D eigenvalue weighted by molar-refractivity contribution is 6.30. The van der Waals surface area contributed by atoms with Crippen molar-refractivity contribution in [1.29, 1.82) is 0 Å². The number of ether oxygens (including phenoxy) is 1. The zero-order valence-corrected chi connectivity index (χ0v) is 15.9. The van der Waals surface area contributed by atoms with Crippen molar-refractivity contribution in [3.05, 3.63) is 64.9 Å². The second kappa shape index (κ2) is 8.16. The molecule has 5 nitrogen and oxygen atoms in total. The van der Waals surface area contributed by atoms with Gasteiger partial charge in [0.1, 0.15) is 0 Å². The Labute approximate surface area is 159 Å². The molecule has 0 unspecified atom stereocenters. The van der Waals surface area contributed by atoms with E-state index in [1.807, 2.05) is 50.2 Å². The number of pyridine rings is 1. The van der Waals surface area contributed by atoms with Crippen LogP contribution in [-0.4, -0.2) is 47.6 Å². The molecule has 2 aromatic rings. The van der Waals surface area contributed by atoms with Gasteiger partial charge in [-0.15, -0.1) is 0 Å². The molecule has 2 heterocycles. The van der Waals surface area contributed by atoms with E-state index in [4.69, 9.17) is 16.3 Å². The van der Waals surface area contributed by atoms with Gasteiger partial charge in [0.15, 0.2) is 0 Å². The third-order valence-corrected chi connectivity index (χ3v) is 5.11. The largest absolute Gasteiger partial charge is 0.379 e. The Balaban J connectivity index is 1.85. The van der Waals surface area contributed by atoms with Crippen molar-refractivity contribution in [3.63, 3.8) is 0 Å². The van der Waals surface area contributed by atoms with E-state index < -0.39 is 5.54 Å². The maximum atomic E-state index is 13.1. The average molecular weight is 374 g/mol. The van der Waals surface area contributed by atoms with Crippen molar-refractivity contribution in [2.45, 2.75) is 25.4 Å². The molecule has 0 aliphatic carbocycles. The fourth-order valence-electron chi connectivity index (χ4n) is 3.13. The van der Waals surface area contributed by atoms with Crippen molar-refractivity contribution < 1.29 is 9.53 Å². The Morgan fingerprint density at radius 3 is 2.50 bits per heavy atom. The number of benzene rings is 1. The molecule has 1 amide bonds. The van der Waals surface area contributed by atoms with Crippen molar-refractivity contribution in [1.82, 2.24) is 15.2 Å². The van der Waals surface area contributed by atoms with Gasteiger partial charge in [0.25, 0.3) is 0 Å². The summed E-state index contributed by atoms with van der Waals surface area (Å²) >= 11 is 6.02. The molecule has 1 saturated heterocycles. The van der Waals surface area contributed by atoms with Crippen LogP contribution in [-0.2, 0) is 9.53 Å². The lowest BCUT2D eigenvalue weighted by Gasteiger charge is -2.40. The number of aromatic nitrogens is 1. The van der Waals surface area contributed by atoms with Gasteiger partial charge in [0.2, 0.25) is 5.91 Å². The fraction of sp³-hybridized carbons (Fsp3) is 0.400. The molecule has 0 spiro atoms. The molecule has 26 heavy (non-hydrogen) atoms. The first kappa shape index (κ1) is 18.8. The van der Waals surface area contributed by atoms with Gasteiger partial charge in [-0.25, -0.2) is 0 Å². The molecule has 1 aliphatic heterocycles. The molecule has 1 atom stereocenters. The minimum Gasteiger partial charge on any atom is -0.379 e. The summed E-state index contributed by atoms with van der Waals surface area (Å²) in [5.74, 6) is -0.0248. The molecule has 0 radical (unpaired) electrons. The van der Waals surface area contributed by atoms with Gasteiger partial charge in [-0.05, 0) is 43.2 Å². The lowest BCUT2D eigenvalue weighted by molar-refractivity contribution is -0.135. The number of nitrogens with one attached hydrogen (secondary N) is 1. The number of halogens is 1. The summed E-state index contributed by atoms with van der Waals surface area (Å²) in [5.41, 5.74) is 1.27. The van der Waals surface area contributed by atoms with Crippen LogP contribution in [0.4, 0.5) is 0 Å². The van der Waals surface area contributed by atoms with Gasteiger partial charge in [-0.3, -0.25) is 14.7 Å². The first-order chi connectivity index (χ1) is 12.5. The van der Waals surface area contributed by atoms with Gasteiger partial charge in [0.05, 0.1) is 24.8 Å². The molecular weight excluding hydrogens is 350 g/mol. The number of rotatable bonds is 5. The monoisotopic (exact) mass is 373 g/mol. The first-order valence-corrected chi connectivity index (χ1v) is 9.15. The van der Waals surface area contributed by atoms with E-state index in [-0.39, 0.29) is 11.9 Å². The number of hydrogen-bond donors (Lipinski definition) is 1. The summed E-state index contributed by atoms with van der Waals surface area (Å²) in [5, 5.41) is 3.87. The first-order valence-electron chi connectivity index (χ1n) is 8.77. The Kier molecular flexibility index (Phi) is 5.91. The van der Waals surface area contributed by atoms with Crippen LogP contribution in [0.5, 0.6) is 0 Å². The highest BCUT2D eigenvalue weighted by Gasteiger charge is 2.36. The van der Waals surface area contributed by atoms with Crippen LogP contribution in [0.25, 0.3) is 0 Å². The summed E-state index contributed by atoms with van der Waals surface area (Å²) in [6.07, 6.45) is 3.50. The number of hydrogen-bond acceptors (Lipinski definition) is 4. The van der Waals surface area contributed by atoms with Gasteiger partial charge in [-0.1, -0.05) is 29.8 Å². The minimum atomic E-state index is -0.628. The highest BCUT2D eigenvalue weighted by Crippen LogP contribution is 2.25. The Hall–Kier alpha value is -1.95. The Morgan fingerprint density at radius 2 is 1.88 bits per heavy atom. The topological polar surface area (TPSA) is 54.5 Å². The number of nitrogens with zero attached hydrogens (tertiary/aromatic N) is 2. The number of carbonyl (C=O) groups is 1. The summed E-state index contributed by atoms with van der Waals surface area (Å²) in [7, 11) is 0. The fourth-order valence-corrected chi connectivity index (χ4v) is 3.26. The van der Waals surface area contributed by atoms with Gasteiger partial charge in [-0.2, -0.15) is 0 Å². The summed E-state index contributed by atoms with van der Waals surface area (Å²) in [6.45, 7) is 6.71. The third kappa shape index (κ3) is 4.23. The standard InChI is InChI=1S/C20H24ClN3O2/c1-20(2,24-10-12-26-13-11-24)19(25)23-18(16-4-3-9-22-14-16)15-5-7-17(21)8-6-15/h3-9,14,18H,10-13H2,1-2H3,(H,23,25)/t18-/m0/s1. The second-order valence-electron chi connectivity index (χ2n) is 6.90. The third-order valence-electron chi connectivity index (χ3n) is 4.85. The van der Waals surface area contributed by atoms with Crippen molar-refractivity contribution in [2.24, 2.45) is 0 Å². The summed E-state index contributed by atoms with van der Waals surface area (Å²) in [6, 6.07) is 11.1. The molecule has 1 N–H and O–H groups in total. The zero-order valence-electron chi connectivity index (χ0n) is 15.1. The minimum absolute atomic E-state index is 0.0248. The van der Waals surface area contributed by atoms with Crippen molar-refractivity contribution in [3.8, 4) is 0 Å². The van der Waals surface area contributed by atoms with E-state index in [1.165, 1.54) is 0 Å². The SMILES string of the molecule is CC(C)(C(=O)N[C@@H](c1ccc(Cl)cc1)c1cccnc1)N1CCOCC1. The van der Waals surface area contributed by atoms with Crippen molar-refractivity contribution in [2.75, 3.05) is 26.3 Å². The van der Waals surface area contributed by atoms with Crippen molar-refractivity contribution >= 4 is 17.5 Å². The highest BCUT2D eigenvalue weighted by atomic mass is 35.5. The number of carbonyl (C=O) groups excluding carboxylic acids is 1. The molecule has 138 valence electrons.